The third-order valence-electron chi connectivity index (χ3n) is 4.41. The van der Waals surface area contributed by atoms with E-state index in [9.17, 15) is 9.18 Å². The number of amides is 1. The van der Waals surface area contributed by atoms with Crippen molar-refractivity contribution in [2.24, 2.45) is 0 Å². The van der Waals surface area contributed by atoms with Crippen LogP contribution in [0.5, 0.6) is 5.88 Å². The van der Waals surface area contributed by atoms with Gasteiger partial charge in [-0.05, 0) is 36.3 Å². The number of benzene rings is 1. The van der Waals surface area contributed by atoms with Gasteiger partial charge in [0.25, 0.3) is 0 Å². The number of carbonyl (C=O) groups excluding carboxylic acids is 1. The Morgan fingerprint density at radius 3 is 3.00 bits per heavy atom. The highest BCUT2D eigenvalue weighted by Gasteiger charge is 2.33. The number of anilines is 1. The molecule has 0 spiro atoms. The molecule has 0 saturated carbocycles. The Morgan fingerprint density at radius 1 is 1.33 bits per heavy atom. The van der Waals surface area contributed by atoms with Gasteiger partial charge in [0.1, 0.15) is 12.4 Å². The molecule has 2 aliphatic rings. The molecule has 2 aromatic rings. The molecule has 1 aromatic heterocycles. The van der Waals surface area contributed by atoms with E-state index >= 15 is 0 Å². The third kappa shape index (κ3) is 3.90. The van der Waals surface area contributed by atoms with Crippen LogP contribution in [0.2, 0.25) is 0 Å². The summed E-state index contributed by atoms with van der Waals surface area (Å²) in [7, 11) is 0. The van der Waals surface area contributed by atoms with Gasteiger partial charge in [0.2, 0.25) is 5.88 Å². The molecule has 0 aliphatic carbocycles. The molecule has 0 unspecified atom stereocenters. The van der Waals surface area contributed by atoms with E-state index in [1.54, 1.807) is 30.5 Å². The van der Waals surface area contributed by atoms with Gasteiger partial charge >= 0.3 is 6.09 Å². The number of rotatable bonds is 5. The van der Waals surface area contributed by atoms with Crippen LogP contribution in [0.1, 0.15) is 12.0 Å². The Morgan fingerprint density at radius 2 is 2.26 bits per heavy atom. The zero-order valence-corrected chi connectivity index (χ0v) is 14.5. The van der Waals surface area contributed by atoms with Crippen molar-refractivity contribution in [3.63, 3.8) is 0 Å². The SMILES string of the molecule is O=C1O[C@@H](COc2cccnn2)CN1c1ccc(C2=CCOCC2)c(F)c1. The molecule has 27 heavy (non-hydrogen) atoms. The molecule has 3 heterocycles. The Balaban J connectivity index is 1.43. The largest absolute Gasteiger partial charge is 0.473 e. The van der Waals surface area contributed by atoms with Gasteiger partial charge in [0.15, 0.2) is 6.10 Å². The minimum absolute atomic E-state index is 0.147. The Bertz CT molecular complexity index is 859. The fourth-order valence-corrected chi connectivity index (χ4v) is 3.07. The van der Waals surface area contributed by atoms with Crippen LogP contribution in [0.3, 0.4) is 0 Å². The second-order valence-electron chi connectivity index (χ2n) is 6.21. The maximum atomic E-state index is 14.6. The topological polar surface area (TPSA) is 73.8 Å². The molecule has 1 amide bonds. The molecule has 1 atom stereocenters. The molecule has 1 fully saturated rings. The summed E-state index contributed by atoms with van der Waals surface area (Å²) in [6.45, 7) is 1.49. The summed E-state index contributed by atoms with van der Waals surface area (Å²) < 4.78 is 30.6. The lowest BCUT2D eigenvalue weighted by Gasteiger charge is -2.17. The van der Waals surface area contributed by atoms with Crippen molar-refractivity contribution in [2.75, 3.05) is 31.3 Å². The van der Waals surface area contributed by atoms with E-state index in [4.69, 9.17) is 14.2 Å². The van der Waals surface area contributed by atoms with Crippen molar-refractivity contribution in [3.05, 3.63) is 54.0 Å². The zero-order chi connectivity index (χ0) is 18.6. The van der Waals surface area contributed by atoms with Crippen LogP contribution in [-0.2, 0) is 9.47 Å². The van der Waals surface area contributed by atoms with Crippen molar-refractivity contribution in [3.8, 4) is 5.88 Å². The van der Waals surface area contributed by atoms with Crippen LogP contribution in [0.15, 0.2) is 42.6 Å². The lowest BCUT2D eigenvalue weighted by atomic mass is 10.0. The fourth-order valence-electron chi connectivity index (χ4n) is 3.07. The number of aromatic nitrogens is 2. The normalized spacial score (nSPS) is 19.6. The van der Waals surface area contributed by atoms with Crippen LogP contribution in [0, 0.1) is 5.82 Å². The summed E-state index contributed by atoms with van der Waals surface area (Å²) in [5.41, 5.74) is 1.91. The number of hydrogen-bond acceptors (Lipinski definition) is 6. The predicted octanol–water partition coefficient (Wildman–Crippen LogP) is 2.82. The van der Waals surface area contributed by atoms with E-state index in [1.807, 2.05) is 6.08 Å². The molecule has 1 aromatic carbocycles. The molecular weight excluding hydrogens is 353 g/mol. The first-order chi connectivity index (χ1) is 13.2. The number of cyclic esters (lactones) is 1. The van der Waals surface area contributed by atoms with Crippen LogP contribution >= 0.6 is 0 Å². The first kappa shape index (κ1) is 17.4. The summed E-state index contributed by atoms with van der Waals surface area (Å²) in [6, 6.07) is 8.15. The van der Waals surface area contributed by atoms with Crippen LogP contribution < -0.4 is 9.64 Å². The zero-order valence-electron chi connectivity index (χ0n) is 14.5. The average molecular weight is 371 g/mol. The van der Waals surface area contributed by atoms with E-state index in [0.29, 0.717) is 36.8 Å². The van der Waals surface area contributed by atoms with E-state index in [1.165, 1.54) is 11.0 Å². The van der Waals surface area contributed by atoms with Gasteiger partial charge in [-0.15, -0.1) is 5.10 Å². The van der Waals surface area contributed by atoms with Gasteiger partial charge in [-0.2, -0.15) is 5.10 Å². The maximum Gasteiger partial charge on any atom is 0.414 e. The molecule has 0 N–H and O–H groups in total. The highest BCUT2D eigenvalue weighted by Crippen LogP contribution is 2.29. The number of carbonyl (C=O) groups is 1. The van der Waals surface area contributed by atoms with Gasteiger partial charge < -0.3 is 14.2 Å². The van der Waals surface area contributed by atoms with Gasteiger partial charge in [-0.1, -0.05) is 6.08 Å². The van der Waals surface area contributed by atoms with Crippen LogP contribution in [0.4, 0.5) is 14.9 Å². The molecule has 1 saturated heterocycles. The molecule has 2 aliphatic heterocycles. The van der Waals surface area contributed by atoms with E-state index < -0.39 is 12.2 Å². The highest BCUT2D eigenvalue weighted by molar-refractivity contribution is 5.90. The van der Waals surface area contributed by atoms with E-state index in [0.717, 1.165) is 5.57 Å². The van der Waals surface area contributed by atoms with Gasteiger partial charge in [0, 0.05) is 17.8 Å². The van der Waals surface area contributed by atoms with Gasteiger partial charge in [0.05, 0.1) is 25.4 Å². The molecule has 8 heteroatoms. The first-order valence-electron chi connectivity index (χ1n) is 8.66. The molecular formula is C19H18FN3O4. The summed E-state index contributed by atoms with van der Waals surface area (Å²) in [5, 5.41) is 7.53. The number of nitrogens with zero attached hydrogens (tertiary/aromatic N) is 3. The van der Waals surface area contributed by atoms with Crippen LogP contribution in [-0.4, -0.2) is 48.8 Å². The Labute approximate surface area is 155 Å². The quantitative estimate of drug-likeness (QED) is 0.805. The highest BCUT2D eigenvalue weighted by atomic mass is 19.1. The number of halogens is 1. The van der Waals surface area contributed by atoms with Crippen molar-refractivity contribution in [1.29, 1.82) is 0 Å². The van der Waals surface area contributed by atoms with Crippen molar-refractivity contribution in [2.45, 2.75) is 12.5 Å². The van der Waals surface area contributed by atoms with Gasteiger partial charge in [-0.25, -0.2) is 9.18 Å². The molecule has 0 bridgehead atoms. The summed E-state index contributed by atoms with van der Waals surface area (Å²) in [6.07, 6.45) is 3.09. The summed E-state index contributed by atoms with van der Waals surface area (Å²) in [5.74, 6) is -0.0140. The van der Waals surface area contributed by atoms with Gasteiger partial charge in [-0.3, -0.25) is 4.90 Å². The van der Waals surface area contributed by atoms with Crippen molar-refractivity contribution >= 4 is 17.4 Å². The molecule has 7 nitrogen and oxygen atoms in total. The molecule has 0 radical (unpaired) electrons. The minimum Gasteiger partial charge on any atom is -0.473 e. The average Bonchev–Trinajstić information content (AvgIpc) is 3.08. The minimum atomic E-state index is -0.528. The van der Waals surface area contributed by atoms with E-state index in [2.05, 4.69) is 10.2 Å². The van der Waals surface area contributed by atoms with Crippen molar-refractivity contribution in [1.82, 2.24) is 10.2 Å². The Hall–Kier alpha value is -3.00. The van der Waals surface area contributed by atoms with E-state index in [-0.39, 0.29) is 19.0 Å². The molecule has 140 valence electrons. The molecule has 4 rings (SSSR count). The lowest BCUT2D eigenvalue weighted by molar-refractivity contribution is 0.103. The number of ether oxygens (including phenoxy) is 3. The number of hydrogen-bond donors (Lipinski definition) is 0. The smallest absolute Gasteiger partial charge is 0.414 e. The second-order valence-corrected chi connectivity index (χ2v) is 6.21. The van der Waals surface area contributed by atoms with Crippen molar-refractivity contribution < 1.29 is 23.4 Å². The first-order valence-corrected chi connectivity index (χ1v) is 8.66. The maximum absolute atomic E-state index is 14.6. The lowest BCUT2D eigenvalue weighted by Crippen LogP contribution is -2.26. The second kappa shape index (κ2) is 7.71. The third-order valence-corrected chi connectivity index (χ3v) is 4.41. The summed E-state index contributed by atoms with van der Waals surface area (Å²) in [4.78, 5) is 13.6. The Kier molecular flexibility index (Phi) is 4.97. The van der Waals surface area contributed by atoms with Crippen LogP contribution in [0.25, 0.3) is 5.57 Å². The standard InChI is InChI=1S/C19H18FN3O4/c20-17-10-14(3-4-16(17)13-5-8-25-9-6-13)23-11-15(27-19(23)24)12-26-18-2-1-7-21-22-18/h1-5,7,10,15H,6,8-9,11-12H2/t15-/m1/s1. The summed E-state index contributed by atoms with van der Waals surface area (Å²) >= 11 is 0. The predicted molar refractivity (Wildman–Crippen MR) is 95.0 cm³/mol. The monoisotopic (exact) mass is 371 g/mol. The fraction of sp³-hybridized carbons (Fsp3) is 0.316.